The molecule has 3 aromatic rings. The zero-order valence-electron chi connectivity index (χ0n) is 22.2. The van der Waals surface area contributed by atoms with E-state index in [1.807, 2.05) is 36.4 Å². The van der Waals surface area contributed by atoms with Gasteiger partial charge in [-0.25, -0.2) is 9.59 Å². The number of nitrogens with zero attached hydrogens (tertiary/aromatic N) is 1. The van der Waals surface area contributed by atoms with Crippen molar-refractivity contribution < 1.29 is 23.9 Å². The molecule has 0 bridgehead atoms. The summed E-state index contributed by atoms with van der Waals surface area (Å²) in [5.74, 6) is -1.27. The lowest BCUT2D eigenvalue weighted by Gasteiger charge is -2.31. The third-order valence-electron chi connectivity index (χ3n) is 6.95. The van der Waals surface area contributed by atoms with Crippen LogP contribution in [0.2, 0.25) is 5.02 Å². The Morgan fingerprint density at radius 2 is 1.62 bits per heavy atom. The van der Waals surface area contributed by atoms with Gasteiger partial charge in [0.25, 0.3) is 0 Å². The molecule has 0 unspecified atom stereocenters. The second kappa shape index (κ2) is 11.8. The number of amides is 2. The fraction of sp³-hybridized carbons (Fsp3) is 0.300. The molecule has 1 N–H and O–H groups in total. The standard InChI is InChI=1S/C30H30BrClN2O5/c1-30(2,28(36)38-4)33-27(35)26(16-18-15-19(32)13-14-25(18)31)34(3)29(37)39-17-24-22-11-7-5-9-20(22)21-10-6-8-12-23(21)24/h5-15,24,26H,16-17H2,1-4H3,(H,33,35)/t26-/m0/s1. The van der Waals surface area contributed by atoms with Gasteiger partial charge in [0, 0.05) is 28.9 Å². The van der Waals surface area contributed by atoms with Crippen LogP contribution in [0.25, 0.3) is 11.1 Å². The maximum Gasteiger partial charge on any atom is 0.410 e. The summed E-state index contributed by atoms with van der Waals surface area (Å²) in [4.78, 5) is 40.3. The van der Waals surface area contributed by atoms with Crippen molar-refractivity contribution in [2.45, 2.75) is 37.8 Å². The van der Waals surface area contributed by atoms with Crippen LogP contribution in [0.5, 0.6) is 0 Å². The summed E-state index contributed by atoms with van der Waals surface area (Å²) in [6.45, 7) is 3.19. The minimum Gasteiger partial charge on any atom is -0.467 e. The minimum atomic E-state index is -1.31. The molecule has 0 radical (unpaired) electrons. The van der Waals surface area contributed by atoms with Crippen LogP contribution in [0.4, 0.5) is 4.79 Å². The molecule has 7 nitrogen and oxygen atoms in total. The Labute approximate surface area is 241 Å². The van der Waals surface area contributed by atoms with Gasteiger partial charge in [-0.15, -0.1) is 0 Å². The molecule has 0 aliphatic heterocycles. The molecule has 9 heteroatoms. The third kappa shape index (κ3) is 6.12. The number of nitrogens with one attached hydrogen (secondary N) is 1. The van der Waals surface area contributed by atoms with Crippen molar-refractivity contribution in [1.82, 2.24) is 10.2 Å². The fourth-order valence-electron chi connectivity index (χ4n) is 4.83. The Hall–Kier alpha value is -3.36. The second-order valence-corrected chi connectivity index (χ2v) is 11.3. The topological polar surface area (TPSA) is 84.9 Å². The van der Waals surface area contributed by atoms with Crippen LogP contribution >= 0.6 is 27.5 Å². The number of rotatable bonds is 8. The molecule has 39 heavy (non-hydrogen) atoms. The van der Waals surface area contributed by atoms with E-state index in [1.54, 1.807) is 18.2 Å². The molecule has 1 atom stereocenters. The predicted molar refractivity (Wildman–Crippen MR) is 154 cm³/mol. The van der Waals surface area contributed by atoms with Crippen LogP contribution in [0, 0.1) is 0 Å². The molecule has 0 saturated heterocycles. The van der Waals surface area contributed by atoms with Gasteiger partial charge in [-0.05, 0) is 59.9 Å². The van der Waals surface area contributed by atoms with Gasteiger partial charge < -0.3 is 14.8 Å². The fourth-order valence-corrected chi connectivity index (χ4v) is 5.44. The molecule has 3 aromatic carbocycles. The largest absolute Gasteiger partial charge is 0.467 e. The first kappa shape index (κ1) is 28.6. The Bertz CT molecular complexity index is 1360. The van der Waals surface area contributed by atoms with Gasteiger partial charge in [-0.3, -0.25) is 9.69 Å². The first-order valence-electron chi connectivity index (χ1n) is 12.5. The van der Waals surface area contributed by atoms with Crippen molar-refractivity contribution in [3.8, 4) is 11.1 Å². The van der Waals surface area contributed by atoms with Gasteiger partial charge in [0.1, 0.15) is 18.2 Å². The van der Waals surface area contributed by atoms with Crippen molar-refractivity contribution in [2.24, 2.45) is 0 Å². The molecule has 2 amide bonds. The molecule has 0 aromatic heterocycles. The van der Waals surface area contributed by atoms with Crippen LogP contribution in [0.1, 0.15) is 36.5 Å². The van der Waals surface area contributed by atoms with Crippen molar-refractivity contribution in [3.63, 3.8) is 0 Å². The first-order valence-corrected chi connectivity index (χ1v) is 13.6. The number of carbonyl (C=O) groups excluding carboxylic acids is 3. The summed E-state index contributed by atoms with van der Waals surface area (Å²) in [6, 6.07) is 20.4. The second-order valence-electron chi connectivity index (χ2n) is 9.98. The van der Waals surface area contributed by atoms with Crippen LogP contribution in [-0.4, -0.2) is 55.2 Å². The molecule has 0 heterocycles. The third-order valence-corrected chi connectivity index (χ3v) is 7.96. The average molecular weight is 614 g/mol. The number of halogens is 2. The smallest absolute Gasteiger partial charge is 0.410 e. The van der Waals surface area contributed by atoms with Gasteiger partial charge in [0.15, 0.2) is 0 Å². The number of hydrogen-bond donors (Lipinski definition) is 1. The zero-order valence-corrected chi connectivity index (χ0v) is 24.5. The molecule has 0 saturated carbocycles. The van der Waals surface area contributed by atoms with E-state index in [0.29, 0.717) is 5.02 Å². The summed E-state index contributed by atoms with van der Waals surface area (Å²) in [5, 5.41) is 3.20. The van der Waals surface area contributed by atoms with Gasteiger partial charge in [-0.2, -0.15) is 0 Å². The highest BCUT2D eigenvalue weighted by molar-refractivity contribution is 9.10. The molecule has 4 rings (SSSR count). The summed E-state index contributed by atoms with van der Waals surface area (Å²) in [5.41, 5.74) is 3.83. The minimum absolute atomic E-state index is 0.111. The lowest BCUT2D eigenvalue weighted by Crippen LogP contribution is -2.57. The molecule has 0 spiro atoms. The SMILES string of the molecule is COC(=O)C(C)(C)NC(=O)[C@H](Cc1cc(Cl)ccc1Br)N(C)C(=O)OCC1c2ccccc2-c2ccccc21. The monoisotopic (exact) mass is 612 g/mol. The average Bonchev–Trinajstić information content (AvgIpc) is 3.24. The van der Waals surface area contributed by atoms with Crippen molar-refractivity contribution >= 4 is 45.5 Å². The Kier molecular flexibility index (Phi) is 8.67. The molecular weight excluding hydrogens is 584 g/mol. The lowest BCUT2D eigenvalue weighted by molar-refractivity contribution is -0.150. The normalized spacial score (nSPS) is 13.2. The summed E-state index contributed by atoms with van der Waals surface area (Å²) in [7, 11) is 2.76. The molecule has 1 aliphatic carbocycles. The van der Waals surface area contributed by atoms with Crippen LogP contribution in [-0.2, 0) is 25.5 Å². The highest BCUT2D eigenvalue weighted by Gasteiger charge is 2.37. The number of hydrogen-bond acceptors (Lipinski definition) is 5. The maximum absolute atomic E-state index is 13.5. The highest BCUT2D eigenvalue weighted by atomic mass is 79.9. The summed E-state index contributed by atoms with van der Waals surface area (Å²) in [6.07, 6.45) is -0.531. The van der Waals surface area contributed by atoms with E-state index in [1.165, 1.54) is 32.9 Å². The maximum atomic E-state index is 13.5. The van der Waals surface area contributed by atoms with E-state index in [2.05, 4.69) is 33.4 Å². The number of fused-ring (bicyclic) bond motifs is 3. The van der Waals surface area contributed by atoms with Crippen molar-refractivity contribution in [2.75, 3.05) is 20.8 Å². The van der Waals surface area contributed by atoms with Crippen molar-refractivity contribution in [3.05, 3.63) is 92.9 Å². The highest BCUT2D eigenvalue weighted by Crippen LogP contribution is 2.44. The Morgan fingerprint density at radius 3 is 2.21 bits per heavy atom. The van der Waals surface area contributed by atoms with E-state index in [-0.39, 0.29) is 18.9 Å². The summed E-state index contributed by atoms with van der Waals surface area (Å²) >= 11 is 9.70. The van der Waals surface area contributed by atoms with E-state index in [0.717, 1.165) is 32.3 Å². The first-order chi connectivity index (χ1) is 18.5. The lowest BCUT2D eigenvalue weighted by atomic mass is 9.98. The van der Waals surface area contributed by atoms with Gasteiger partial charge in [0.2, 0.25) is 5.91 Å². The number of benzene rings is 3. The molecule has 1 aliphatic rings. The Morgan fingerprint density at radius 1 is 1.03 bits per heavy atom. The van der Waals surface area contributed by atoms with Gasteiger partial charge >= 0.3 is 12.1 Å². The van der Waals surface area contributed by atoms with Crippen LogP contribution in [0.3, 0.4) is 0 Å². The van der Waals surface area contributed by atoms with Crippen LogP contribution < -0.4 is 5.32 Å². The number of ether oxygens (including phenoxy) is 2. The summed E-state index contributed by atoms with van der Waals surface area (Å²) < 4.78 is 11.4. The number of carbonyl (C=O) groups is 3. The van der Waals surface area contributed by atoms with Gasteiger partial charge in [0.05, 0.1) is 7.11 Å². The zero-order chi connectivity index (χ0) is 28.3. The molecule has 204 valence electrons. The van der Waals surface area contributed by atoms with E-state index < -0.39 is 29.6 Å². The van der Waals surface area contributed by atoms with E-state index in [9.17, 15) is 14.4 Å². The number of esters is 1. The number of methoxy groups -OCH3 is 1. The Balaban J connectivity index is 1.56. The quantitative estimate of drug-likeness (QED) is 0.317. The van der Waals surface area contributed by atoms with E-state index in [4.69, 9.17) is 21.1 Å². The number of likely N-dealkylation sites (N-methyl/N-ethyl adjacent to an activating group) is 1. The van der Waals surface area contributed by atoms with E-state index >= 15 is 0 Å². The van der Waals surface area contributed by atoms with Crippen molar-refractivity contribution in [1.29, 1.82) is 0 Å². The molecular formula is C30H30BrClN2O5. The van der Waals surface area contributed by atoms with Crippen LogP contribution in [0.15, 0.2) is 71.2 Å². The predicted octanol–water partition coefficient (Wildman–Crippen LogP) is 5.96. The van der Waals surface area contributed by atoms with Gasteiger partial charge in [-0.1, -0.05) is 76.1 Å². The molecule has 0 fully saturated rings.